The number of nitrogens with zero attached hydrogens (tertiary/aromatic N) is 3. The molecule has 0 aliphatic carbocycles. The van der Waals surface area contributed by atoms with Gasteiger partial charge in [0.1, 0.15) is 4.88 Å². The molecule has 1 aliphatic heterocycles. The Morgan fingerprint density at radius 1 is 1.18 bits per heavy atom. The van der Waals surface area contributed by atoms with E-state index in [0.717, 1.165) is 59.3 Å². The average molecular weight is 412 g/mol. The molecule has 144 valence electrons. The molecule has 0 N–H and O–H groups in total. The standard InChI is InChI=1S/C22H22ClN3OS/c1-15-21(28-14-24-15)22(27)26-11-9-17(10-12-26)20-4-2-3-19(25-20)13-16-5-7-18(23)8-6-16/h2-8,14,17H,9-13H2,1H3. The van der Waals surface area contributed by atoms with Crippen molar-refractivity contribution in [3.05, 3.63) is 80.5 Å². The normalized spacial score (nSPS) is 15.0. The van der Waals surface area contributed by atoms with Gasteiger partial charge in [-0.2, -0.15) is 0 Å². The highest BCUT2D eigenvalue weighted by molar-refractivity contribution is 7.11. The number of halogens is 1. The highest BCUT2D eigenvalue weighted by Crippen LogP contribution is 2.28. The van der Waals surface area contributed by atoms with Crippen LogP contribution in [0, 0.1) is 6.92 Å². The van der Waals surface area contributed by atoms with E-state index < -0.39 is 0 Å². The van der Waals surface area contributed by atoms with Crippen LogP contribution in [0.2, 0.25) is 5.02 Å². The van der Waals surface area contributed by atoms with E-state index in [-0.39, 0.29) is 5.91 Å². The van der Waals surface area contributed by atoms with E-state index in [9.17, 15) is 4.79 Å². The minimum absolute atomic E-state index is 0.114. The third kappa shape index (κ3) is 4.26. The number of thiazole rings is 1. The Morgan fingerprint density at radius 3 is 2.61 bits per heavy atom. The molecule has 1 aliphatic rings. The lowest BCUT2D eigenvalue weighted by atomic mass is 9.92. The maximum absolute atomic E-state index is 12.7. The van der Waals surface area contributed by atoms with Gasteiger partial charge in [-0.25, -0.2) is 4.98 Å². The Hall–Kier alpha value is -2.24. The SMILES string of the molecule is Cc1ncsc1C(=O)N1CCC(c2cccc(Cc3ccc(Cl)cc3)n2)CC1. The molecule has 2 aromatic heterocycles. The minimum atomic E-state index is 0.114. The molecule has 3 heterocycles. The fourth-order valence-corrected chi connectivity index (χ4v) is 4.56. The fraction of sp³-hybridized carbons (Fsp3) is 0.318. The number of aromatic nitrogens is 2. The van der Waals surface area contributed by atoms with Crippen molar-refractivity contribution in [1.82, 2.24) is 14.9 Å². The highest BCUT2D eigenvalue weighted by Gasteiger charge is 2.27. The Morgan fingerprint density at radius 2 is 1.93 bits per heavy atom. The van der Waals surface area contributed by atoms with Crippen LogP contribution < -0.4 is 0 Å². The fourth-order valence-electron chi connectivity index (χ4n) is 3.66. The molecule has 0 radical (unpaired) electrons. The second-order valence-corrected chi connectivity index (χ2v) is 8.48. The summed E-state index contributed by atoms with van der Waals surface area (Å²) in [7, 11) is 0. The van der Waals surface area contributed by atoms with Crippen LogP contribution in [0.3, 0.4) is 0 Å². The lowest BCUT2D eigenvalue weighted by molar-refractivity contribution is 0.0716. The Labute approximate surface area is 174 Å². The summed E-state index contributed by atoms with van der Waals surface area (Å²) < 4.78 is 0. The van der Waals surface area contributed by atoms with Crippen LogP contribution in [0.1, 0.15) is 51.1 Å². The topological polar surface area (TPSA) is 46.1 Å². The summed E-state index contributed by atoms with van der Waals surface area (Å²) in [5.41, 5.74) is 5.97. The number of benzene rings is 1. The van der Waals surface area contributed by atoms with Gasteiger partial charge in [0.05, 0.1) is 11.2 Å². The third-order valence-corrected chi connectivity index (χ3v) is 6.44. The van der Waals surface area contributed by atoms with E-state index in [1.165, 1.54) is 16.9 Å². The van der Waals surface area contributed by atoms with E-state index in [2.05, 4.69) is 23.2 Å². The summed E-state index contributed by atoms with van der Waals surface area (Å²) >= 11 is 7.40. The lowest BCUT2D eigenvalue weighted by Gasteiger charge is -2.31. The third-order valence-electron chi connectivity index (χ3n) is 5.27. The summed E-state index contributed by atoms with van der Waals surface area (Å²) in [5, 5.41) is 0.750. The number of pyridine rings is 1. The molecule has 1 saturated heterocycles. The molecule has 0 bridgehead atoms. The summed E-state index contributed by atoms with van der Waals surface area (Å²) in [6.07, 6.45) is 2.69. The molecule has 1 fully saturated rings. The van der Waals surface area contributed by atoms with Crippen molar-refractivity contribution in [2.45, 2.75) is 32.1 Å². The molecule has 0 unspecified atom stereocenters. The van der Waals surface area contributed by atoms with E-state index in [1.54, 1.807) is 5.51 Å². The number of hydrogen-bond acceptors (Lipinski definition) is 4. The van der Waals surface area contributed by atoms with Gasteiger partial charge in [0, 0.05) is 41.8 Å². The summed E-state index contributed by atoms with van der Waals surface area (Å²) in [5.74, 6) is 0.514. The number of rotatable bonds is 4. The summed E-state index contributed by atoms with van der Waals surface area (Å²) in [6.45, 7) is 3.43. The van der Waals surface area contributed by atoms with Gasteiger partial charge in [-0.05, 0) is 49.6 Å². The Balaban J connectivity index is 1.40. The molecule has 4 rings (SSSR count). The Kier molecular flexibility index (Phi) is 5.74. The number of hydrogen-bond donors (Lipinski definition) is 0. The number of aryl methyl sites for hydroxylation is 1. The van der Waals surface area contributed by atoms with Crippen molar-refractivity contribution in [3.63, 3.8) is 0 Å². The van der Waals surface area contributed by atoms with Crippen molar-refractivity contribution >= 4 is 28.8 Å². The van der Waals surface area contributed by atoms with Crippen molar-refractivity contribution in [2.75, 3.05) is 13.1 Å². The van der Waals surface area contributed by atoms with E-state index >= 15 is 0 Å². The number of likely N-dealkylation sites (tertiary alicyclic amines) is 1. The molecule has 28 heavy (non-hydrogen) atoms. The van der Waals surface area contributed by atoms with Crippen molar-refractivity contribution in [1.29, 1.82) is 0 Å². The van der Waals surface area contributed by atoms with Crippen LogP contribution in [-0.4, -0.2) is 33.9 Å². The van der Waals surface area contributed by atoms with Crippen LogP contribution in [0.25, 0.3) is 0 Å². The van der Waals surface area contributed by atoms with E-state index in [1.807, 2.05) is 36.1 Å². The zero-order chi connectivity index (χ0) is 19.5. The van der Waals surface area contributed by atoms with Crippen molar-refractivity contribution in [2.24, 2.45) is 0 Å². The molecule has 4 nitrogen and oxygen atoms in total. The van der Waals surface area contributed by atoms with E-state index in [4.69, 9.17) is 16.6 Å². The van der Waals surface area contributed by atoms with Crippen molar-refractivity contribution < 1.29 is 4.79 Å². The number of amides is 1. The predicted octanol–water partition coefficient (Wildman–Crippen LogP) is 5.11. The largest absolute Gasteiger partial charge is 0.338 e. The first-order chi connectivity index (χ1) is 13.6. The van der Waals surface area contributed by atoms with Gasteiger partial charge in [0.2, 0.25) is 0 Å². The number of carbonyl (C=O) groups is 1. The molecule has 3 aromatic rings. The van der Waals surface area contributed by atoms with Crippen LogP contribution in [0.5, 0.6) is 0 Å². The van der Waals surface area contributed by atoms with Gasteiger partial charge in [-0.1, -0.05) is 29.8 Å². The number of piperidine rings is 1. The molecular formula is C22H22ClN3OS. The molecule has 1 amide bonds. The highest BCUT2D eigenvalue weighted by atomic mass is 35.5. The predicted molar refractivity (Wildman–Crippen MR) is 113 cm³/mol. The number of carbonyl (C=O) groups excluding carboxylic acids is 1. The van der Waals surface area contributed by atoms with Crippen molar-refractivity contribution in [3.8, 4) is 0 Å². The van der Waals surface area contributed by atoms with Gasteiger partial charge >= 0.3 is 0 Å². The molecule has 1 aromatic carbocycles. The van der Waals surface area contributed by atoms with Crippen LogP contribution in [0.15, 0.2) is 48.0 Å². The molecule has 0 saturated carbocycles. The van der Waals surface area contributed by atoms with Gasteiger partial charge in [0.15, 0.2) is 0 Å². The maximum atomic E-state index is 12.7. The summed E-state index contributed by atoms with van der Waals surface area (Å²) in [6, 6.07) is 14.2. The maximum Gasteiger partial charge on any atom is 0.265 e. The van der Waals surface area contributed by atoms with Crippen LogP contribution >= 0.6 is 22.9 Å². The molecular weight excluding hydrogens is 390 g/mol. The monoisotopic (exact) mass is 411 g/mol. The van der Waals surface area contributed by atoms with Gasteiger partial charge < -0.3 is 4.90 Å². The van der Waals surface area contributed by atoms with Gasteiger partial charge in [-0.15, -0.1) is 11.3 Å². The first-order valence-electron chi connectivity index (χ1n) is 9.50. The first kappa shape index (κ1) is 19.1. The van der Waals surface area contributed by atoms with E-state index in [0.29, 0.717) is 5.92 Å². The average Bonchev–Trinajstić information content (AvgIpc) is 3.15. The second kappa shape index (κ2) is 8.41. The Bertz CT molecular complexity index is 962. The quantitative estimate of drug-likeness (QED) is 0.599. The lowest BCUT2D eigenvalue weighted by Crippen LogP contribution is -2.38. The van der Waals surface area contributed by atoms with Crippen LogP contribution in [-0.2, 0) is 6.42 Å². The van der Waals surface area contributed by atoms with Gasteiger partial charge in [-0.3, -0.25) is 9.78 Å². The van der Waals surface area contributed by atoms with Gasteiger partial charge in [0.25, 0.3) is 5.91 Å². The zero-order valence-electron chi connectivity index (χ0n) is 15.8. The zero-order valence-corrected chi connectivity index (χ0v) is 17.3. The first-order valence-corrected chi connectivity index (χ1v) is 10.8. The summed E-state index contributed by atoms with van der Waals surface area (Å²) in [4.78, 5) is 24.5. The molecule has 0 spiro atoms. The smallest absolute Gasteiger partial charge is 0.265 e. The minimum Gasteiger partial charge on any atom is -0.338 e. The van der Waals surface area contributed by atoms with Crippen LogP contribution in [0.4, 0.5) is 0 Å². The molecule has 6 heteroatoms. The molecule has 0 atom stereocenters. The second-order valence-electron chi connectivity index (χ2n) is 7.19.